The number of hydrogen-bond acceptors (Lipinski definition) is 4. The highest BCUT2D eigenvalue weighted by Gasteiger charge is 2.34. The summed E-state index contributed by atoms with van der Waals surface area (Å²) in [5, 5.41) is 9.45. The summed E-state index contributed by atoms with van der Waals surface area (Å²) < 4.78 is 46.6. The first-order chi connectivity index (χ1) is 13.2. The van der Waals surface area contributed by atoms with E-state index in [-0.39, 0.29) is 12.2 Å². The van der Waals surface area contributed by atoms with Crippen molar-refractivity contribution in [2.75, 3.05) is 7.05 Å². The van der Waals surface area contributed by atoms with Crippen molar-refractivity contribution in [1.82, 2.24) is 4.90 Å². The number of alkyl halides is 3. The summed E-state index contributed by atoms with van der Waals surface area (Å²) in [4.78, 5) is 24.6. The second-order valence-electron chi connectivity index (χ2n) is 5.86. The minimum Gasteiger partial charge on any atom is -0.480 e. The molecule has 150 valence electrons. The van der Waals surface area contributed by atoms with E-state index >= 15 is 0 Å². The second-order valence-corrected chi connectivity index (χ2v) is 5.86. The van der Waals surface area contributed by atoms with Gasteiger partial charge in [0, 0.05) is 13.5 Å². The zero-order valence-corrected chi connectivity index (χ0v) is 14.8. The zero-order chi connectivity index (χ0) is 20.7. The van der Waals surface area contributed by atoms with Crippen LogP contribution in [0.2, 0.25) is 0 Å². The number of carbonyl (C=O) groups is 2. The third kappa shape index (κ3) is 6.19. The molecular weight excluding hydrogens is 379 g/mol. The fourth-order valence-electron chi connectivity index (χ4n) is 2.44. The van der Waals surface area contributed by atoms with Gasteiger partial charge in [-0.2, -0.15) is 0 Å². The molecular formula is C19H18F3NO5. The highest BCUT2D eigenvalue weighted by Crippen LogP contribution is 2.27. The Morgan fingerprint density at radius 2 is 1.68 bits per heavy atom. The standard InChI is InChI=1S/C19H18F3NO5/c1-23(18(26)27-12-13-7-3-2-4-8-13)15(17(24)25)11-14-9-5-6-10-16(14)28-19(20,21)22/h2-10,15H,11-12H2,1H3,(H,24,25). The van der Waals surface area contributed by atoms with Gasteiger partial charge in [-0.3, -0.25) is 4.90 Å². The molecule has 2 aromatic carbocycles. The van der Waals surface area contributed by atoms with Crippen molar-refractivity contribution >= 4 is 12.1 Å². The molecule has 1 amide bonds. The minimum absolute atomic E-state index is 0.00469. The lowest BCUT2D eigenvalue weighted by Gasteiger charge is -2.25. The molecule has 0 spiro atoms. The summed E-state index contributed by atoms with van der Waals surface area (Å²) in [6.45, 7) is -0.0654. The van der Waals surface area contributed by atoms with Gasteiger partial charge in [-0.15, -0.1) is 13.2 Å². The Balaban J connectivity index is 2.10. The SMILES string of the molecule is CN(C(=O)OCc1ccccc1)C(Cc1ccccc1OC(F)(F)F)C(=O)O. The molecule has 0 aromatic heterocycles. The first-order valence-electron chi connectivity index (χ1n) is 8.17. The van der Waals surface area contributed by atoms with Crippen LogP contribution in [-0.4, -0.2) is 41.5 Å². The highest BCUT2D eigenvalue weighted by molar-refractivity contribution is 5.80. The van der Waals surface area contributed by atoms with Gasteiger partial charge >= 0.3 is 18.4 Å². The molecule has 0 bridgehead atoms. The van der Waals surface area contributed by atoms with Crippen LogP contribution in [0.5, 0.6) is 5.75 Å². The molecule has 0 radical (unpaired) electrons. The lowest BCUT2D eigenvalue weighted by atomic mass is 10.0. The van der Waals surface area contributed by atoms with E-state index < -0.39 is 36.6 Å². The summed E-state index contributed by atoms with van der Waals surface area (Å²) >= 11 is 0. The monoisotopic (exact) mass is 397 g/mol. The van der Waals surface area contributed by atoms with E-state index in [1.165, 1.54) is 25.2 Å². The van der Waals surface area contributed by atoms with Gasteiger partial charge in [0.2, 0.25) is 0 Å². The number of amides is 1. The second kappa shape index (κ2) is 9.12. The summed E-state index contributed by atoms with van der Waals surface area (Å²) in [6.07, 6.45) is -6.22. The van der Waals surface area contributed by atoms with Gasteiger partial charge < -0.3 is 14.6 Å². The van der Waals surface area contributed by atoms with Crippen LogP contribution in [0, 0.1) is 0 Å². The number of carboxylic acids is 1. The Hall–Kier alpha value is -3.23. The van der Waals surface area contributed by atoms with Crippen molar-refractivity contribution in [1.29, 1.82) is 0 Å². The predicted octanol–water partition coefficient (Wildman–Crippen LogP) is 3.85. The predicted molar refractivity (Wildman–Crippen MR) is 92.6 cm³/mol. The number of rotatable bonds is 7. The Morgan fingerprint density at radius 3 is 2.29 bits per heavy atom. The number of halogens is 3. The maximum absolute atomic E-state index is 12.5. The van der Waals surface area contributed by atoms with Crippen molar-refractivity contribution in [2.45, 2.75) is 25.4 Å². The van der Waals surface area contributed by atoms with Gasteiger partial charge in [0.05, 0.1) is 0 Å². The summed E-state index contributed by atoms with van der Waals surface area (Å²) in [5.41, 5.74) is 0.704. The van der Waals surface area contributed by atoms with E-state index in [0.717, 1.165) is 11.0 Å². The Bertz CT molecular complexity index is 811. The van der Waals surface area contributed by atoms with Crippen LogP contribution in [0.15, 0.2) is 54.6 Å². The number of ether oxygens (including phenoxy) is 2. The molecule has 0 saturated heterocycles. The van der Waals surface area contributed by atoms with Crippen molar-refractivity contribution < 1.29 is 37.3 Å². The number of para-hydroxylation sites is 1. The molecule has 2 aromatic rings. The van der Waals surface area contributed by atoms with E-state index in [2.05, 4.69) is 4.74 Å². The van der Waals surface area contributed by atoms with Crippen molar-refractivity contribution in [2.24, 2.45) is 0 Å². The fraction of sp³-hybridized carbons (Fsp3) is 0.263. The first-order valence-corrected chi connectivity index (χ1v) is 8.17. The van der Waals surface area contributed by atoms with E-state index in [1.807, 2.05) is 0 Å². The van der Waals surface area contributed by atoms with E-state index in [4.69, 9.17) is 4.74 Å². The molecule has 0 aliphatic heterocycles. The molecule has 0 aliphatic rings. The Labute approximate surface area is 159 Å². The third-order valence-electron chi connectivity index (χ3n) is 3.86. The van der Waals surface area contributed by atoms with Gasteiger partial charge in [-0.25, -0.2) is 9.59 Å². The largest absolute Gasteiger partial charge is 0.573 e. The van der Waals surface area contributed by atoms with Gasteiger partial charge in [0.25, 0.3) is 0 Å². The number of nitrogens with zero attached hydrogens (tertiary/aromatic N) is 1. The first kappa shape index (κ1) is 21.1. The Morgan fingerprint density at radius 1 is 1.07 bits per heavy atom. The quantitative estimate of drug-likeness (QED) is 0.768. The number of benzene rings is 2. The minimum atomic E-state index is -4.92. The average Bonchev–Trinajstić information content (AvgIpc) is 2.64. The number of carbonyl (C=O) groups excluding carboxylic acids is 1. The fourth-order valence-corrected chi connectivity index (χ4v) is 2.44. The zero-order valence-electron chi connectivity index (χ0n) is 14.8. The maximum atomic E-state index is 12.5. The smallest absolute Gasteiger partial charge is 0.480 e. The number of hydrogen-bond donors (Lipinski definition) is 1. The van der Waals surface area contributed by atoms with E-state index in [9.17, 15) is 27.9 Å². The van der Waals surface area contributed by atoms with Crippen molar-refractivity contribution in [3.8, 4) is 5.75 Å². The lowest BCUT2D eigenvalue weighted by Crippen LogP contribution is -2.44. The van der Waals surface area contributed by atoms with Gasteiger partial charge in [-0.1, -0.05) is 48.5 Å². The van der Waals surface area contributed by atoms with Gasteiger partial charge in [-0.05, 0) is 17.2 Å². The molecule has 0 aliphatic carbocycles. The molecule has 1 atom stereocenters. The van der Waals surface area contributed by atoms with Crippen molar-refractivity contribution in [3.05, 3.63) is 65.7 Å². The van der Waals surface area contributed by atoms with Crippen molar-refractivity contribution in [3.63, 3.8) is 0 Å². The van der Waals surface area contributed by atoms with Crippen LogP contribution >= 0.6 is 0 Å². The van der Waals surface area contributed by atoms with Crippen LogP contribution < -0.4 is 4.74 Å². The molecule has 1 N–H and O–H groups in total. The van der Waals surface area contributed by atoms with Gasteiger partial charge in [0.15, 0.2) is 0 Å². The molecule has 9 heteroatoms. The van der Waals surface area contributed by atoms with Crippen LogP contribution in [0.3, 0.4) is 0 Å². The molecule has 28 heavy (non-hydrogen) atoms. The summed E-state index contributed by atoms with van der Waals surface area (Å²) in [5.74, 6) is -1.91. The topological polar surface area (TPSA) is 76.1 Å². The maximum Gasteiger partial charge on any atom is 0.573 e. The molecule has 0 heterocycles. The van der Waals surface area contributed by atoms with Crippen LogP contribution in [0.25, 0.3) is 0 Å². The molecule has 0 fully saturated rings. The third-order valence-corrected chi connectivity index (χ3v) is 3.86. The van der Waals surface area contributed by atoms with E-state index in [0.29, 0.717) is 5.56 Å². The molecule has 0 saturated carbocycles. The summed E-state index contributed by atoms with van der Waals surface area (Å²) in [7, 11) is 1.21. The molecule has 1 unspecified atom stereocenters. The molecule has 6 nitrogen and oxygen atoms in total. The number of aliphatic carboxylic acids is 1. The van der Waals surface area contributed by atoms with Gasteiger partial charge in [0.1, 0.15) is 18.4 Å². The van der Waals surface area contributed by atoms with Crippen LogP contribution in [0.1, 0.15) is 11.1 Å². The average molecular weight is 397 g/mol. The lowest BCUT2D eigenvalue weighted by molar-refractivity contribution is -0.274. The highest BCUT2D eigenvalue weighted by atomic mass is 19.4. The Kier molecular flexibility index (Phi) is 6.86. The molecule has 2 rings (SSSR count). The van der Waals surface area contributed by atoms with Crippen LogP contribution in [0.4, 0.5) is 18.0 Å². The van der Waals surface area contributed by atoms with E-state index in [1.54, 1.807) is 30.3 Å². The number of carboxylic acid groups (broad SMARTS) is 1. The van der Waals surface area contributed by atoms with Crippen LogP contribution in [-0.2, 0) is 22.6 Å². The summed E-state index contributed by atoms with van der Waals surface area (Å²) in [6, 6.07) is 12.5. The number of likely N-dealkylation sites (N-methyl/N-ethyl adjacent to an activating group) is 1. The normalized spacial score (nSPS) is 12.1.